The van der Waals surface area contributed by atoms with E-state index in [1.54, 1.807) is 30.3 Å². The Morgan fingerprint density at radius 1 is 1.25 bits per heavy atom. The Bertz CT molecular complexity index is 412. The van der Waals surface area contributed by atoms with E-state index in [9.17, 15) is 9.59 Å². The quantitative estimate of drug-likeness (QED) is 0.562. The molecule has 0 aliphatic carbocycles. The van der Waals surface area contributed by atoms with Crippen LogP contribution in [0.15, 0.2) is 42.5 Å². The standard InChI is InChI=1S/C12H13NO3/c1-9(2)12(15)16-13(3)11(14)10-7-5-4-6-8-10/h4-8H,1H2,2-3H3. The topological polar surface area (TPSA) is 46.6 Å². The van der Waals surface area contributed by atoms with Crippen LogP contribution in [0.2, 0.25) is 0 Å². The Hall–Kier alpha value is -2.10. The smallest absolute Gasteiger partial charge is 0.333 e. The lowest BCUT2D eigenvalue weighted by Crippen LogP contribution is -2.30. The molecule has 1 aromatic rings. The molecule has 1 amide bonds. The third-order valence-electron chi connectivity index (χ3n) is 1.88. The fourth-order valence-corrected chi connectivity index (χ4v) is 1.01. The van der Waals surface area contributed by atoms with Crippen molar-refractivity contribution in [2.24, 2.45) is 0 Å². The minimum Gasteiger partial charge on any atom is -0.333 e. The SMILES string of the molecule is C=C(C)C(=O)ON(C)C(=O)c1ccccc1. The number of hydrogen-bond donors (Lipinski definition) is 0. The Kier molecular flexibility index (Phi) is 3.83. The molecular formula is C12H13NO3. The summed E-state index contributed by atoms with van der Waals surface area (Å²) in [5, 5.41) is 0.895. The van der Waals surface area contributed by atoms with Gasteiger partial charge in [-0.25, -0.2) is 4.79 Å². The molecule has 0 N–H and O–H groups in total. The molecule has 0 bridgehead atoms. The Balaban J connectivity index is 2.69. The van der Waals surface area contributed by atoms with E-state index in [0.717, 1.165) is 5.06 Å². The number of carbonyl (C=O) groups is 2. The van der Waals surface area contributed by atoms with Crippen molar-refractivity contribution in [2.75, 3.05) is 7.05 Å². The van der Waals surface area contributed by atoms with E-state index in [4.69, 9.17) is 4.84 Å². The van der Waals surface area contributed by atoms with Crippen LogP contribution in [0.5, 0.6) is 0 Å². The second-order valence-electron chi connectivity index (χ2n) is 3.33. The molecular weight excluding hydrogens is 206 g/mol. The van der Waals surface area contributed by atoms with Crippen LogP contribution in [0, 0.1) is 0 Å². The molecule has 4 heteroatoms. The monoisotopic (exact) mass is 219 g/mol. The highest BCUT2D eigenvalue weighted by Crippen LogP contribution is 2.04. The van der Waals surface area contributed by atoms with Crippen LogP contribution in [0.1, 0.15) is 17.3 Å². The van der Waals surface area contributed by atoms with Crippen LogP contribution in [0.3, 0.4) is 0 Å². The molecule has 1 aromatic carbocycles. The zero-order chi connectivity index (χ0) is 12.1. The Labute approximate surface area is 94.1 Å². The molecule has 0 spiro atoms. The van der Waals surface area contributed by atoms with E-state index in [1.165, 1.54) is 14.0 Å². The first-order chi connectivity index (χ1) is 7.52. The highest BCUT2D eigenvalue weighted by Gasteiger charge is 2.15. The molecule has 0 aliphatic rings. The first-order valence-electron chi connectivity index (χ1n) is 4.73. The maximum Gasteiger partial charge on any atom is 0.358 e. The number of nitrogens with zero attached hydrogens (tertiary/aromatic N) is 1. The number of rotatable bonds is 2. The molecule has 16 heavy (non-hydrogen) atoms. The Morgan fingerprint density at radius 3 is 2.31 bits per heavy atom. The van der Waals surface area contributed by atoms with Crippen molar-refractivity contribution in [3.8, 4) is 0 Å². The van der Waals surface area contributed by atoms with Crippen LogP contribution in [-0.2, 0) is 9.63 Å². The molecule has 0 fully saturated rings. The zero-order valence-electron chi connectivity index (χ0n) is 9.27. The average Bonchev–Trinajstić information content (AvgIpc) is 2.28. The van der Waals surface area contributed by atoms with Crippen molar-refractivity contribution in [1.29, 1.82) is 0 Å². The molecule has 0 radical (unpaired) electrons. The van der Waals surface area contributed by atoms with Gasteiger partial charge >= 0.3 is 5.97 Å². The van der Waals surface area contributed by atoms with Gasteiger partial charge in [0.25, 0.3) is 5.91 Å². The molecule has 0 saturated carbocycles. The molecule has 0 aromatic heterocycles. The molecule has 0 saturated heterocycles. The molecule has 4 nitrogen and oxygen atoms in total. The zero-order valence-corrected chi connectivity index (χ0v) is 9.27. The highest BCUT2D eigenvalue weighted by atomic mass is 16.7. The maximum absolute atomic E-state index is 11.7. The predicted octanol–water partition coefficient (Wildman–Crippen LogP) is 1.79. The summed E-state index contributed by atoms with van der Waals surface area (Å²) in [7, 11) is 1.39. The van der Waals surface area contributed by atoms with Gasteiger partial charge in [0.15, 0.2) is 0 Å². The fraction of sp³-hybridized carbons (Fsp3) is 0.167. The molecule has 0 heterocycles. The van der Waals surface area contributed by atoms with E-state index < -0.39 is 5.97 Å². The average molecular weight is 219 g/mol. The second-order valence-corrected chi connectivity index (χ2v) is 3.33. The van der Waals surface area contributed by atoms with E-state index in [2.05, 4.69) is 6.58 Å². The summed E-state index contributed by atoms with van der Waals surface area (Å²) >= 11 is 0. The Morgan fingerprint density at radius 2 is 1.81 bits per heavy atom. The van der Waals surface area contributed by atoms with Gasteiger partial charge < -0.3 is 4.84 Å². The summed E-state index contributed by atoms with van der Waals surface area (Å²) in [5.74, 6) is -0.998. The lowest BCUT2D eigenvalue weighted by molar-refractivity contribution is -0.167. The van der Waals surface area contributed by atoms with Crippen LogP contribution >= 0.6 is 0 Å². The summed E-state index contributed by atoms with van der Waals surface area (Å²) in [6.07, 6.45) is 0. The molecule has 84 valence electrons. The summed E-state index contributed by atoms with van der Waals surface area (Å²) in [4.78, 5) is 27.7. The number of hydroxylamine groups is 2. The van der Waals surface area contributed by atoms with Crippen LogP contribution in [0.4, 0.5) is 0 Å². The number of benzene rings is 1. The molecule has 0 atom stereocenters. The lowest BCUT2D eigenvalue weighted by Gasteiger charge is -2.15. The third-order valence-corrected chi connectivity index (χ3v) is 1.88. The normalized spacial score (nSPS) is 9.38. The maximum atomic E-state index is 11.7. The van der Waals surface area contributed by atoms with Crippen LogP contribution in [0.25, 0.3) is 0 Å². The third kappa shape index (κ3) is 2.95. The predicted molar refractivity (Wildman–Crippen MR) is 59.4 cm³/mol. The second kappa shape index (κ2) is 5.11. The number of carbonyl (C=O) groups excluding carboxylic acids is 2. The number of amides is 1. The van der Waals surface area contributed by atoms with E-state index in [1.807, 2.05) is 0 Å². The first-order valence-corrected chi connectivity index (χ1v) is 4.73. The minimum atomic E-state index is -0.619. The largest absolute Gasteiger partial charge is 0.358 e. The van der Waals surface area contributed by atoms with Crippen LogP contribution in [-0.4, -0.2) is 24.0 Å². The number of hydrogen-bond acceptors (Lipinski definition) is 3. The van der Waals surface area contributed by atoms with E-state index in [0.29, 0.717) is 5.56 Å². The summed E-state index contributed by atoms with van der Waals surface area (Å²) in [6, 6.07) is 8.57. The summed E-state index contributed by atoms with van der Waals surface area (Å²) in [5.41, 5.74) is 0.701. The van der Waals surface area contributed by atoms with Crippen molar-refractivity contribution in [3.63, 3.8) is 0 Å². The van der Waals surface area contributed by atoms with Gasteiger partial charge in [0.05, 0.1) is 0 Å². The molecule has 0 aliphatic heterocycles. The van der Waals surface area contributed by atoms with Crippen molar-refractivity contribution >= 4 is 11.9 Å². The molecule has 1 rings (SSSR count). The lowest BCUT2D eigenvalue weighted by atomic mass is 10.2. The minimum absolute atomic E-state index is 0.243. The van der Waals surface area contributed by atoms with Crippen molar-refractivity contribution in [1.82, 2.24) is 5.06 Å². The summed E-state index contributed by atoms with van der Waals surface area (Å²) in [6.45, 7) is 4.94. The molecule has 0 unspecified atom stereocenters. The highest BCUT2D eigenvalue weighted by molar-refractivity contribution is 5.95. The van der Waals surface area contributed by atoms with Gasteiger partial charge in [-0.1, -0.05) is 24.8 Å². The van der Waals surface area contributed by atoms with Crippen molar-refractivity contribution in [3.05, 3.63) is 48.0 Å². The summed E-state index contributed by atoms with van der Waals surface area (Å²) < 4.78 is 0. The fourth-order valence-electron chi connectivity index (χ4n) is 1.01. The van der Waals surface area contributed by atoms with Gasteiger partial charge in [-0.05, 0) is 19.1 Å². The van der Waals surface area contributed by atoms with Gasteiger partial charge in [0, 0.05) is 18.2 Å². The van der Waals surface area contributed by atoms with Gasteiger partial charge in [-0.3, -0.25) is 4.79 Å². The van der Waals surface area contributed by atoms with Gasteiger partial charge in [-0.2, -0.15) is 5.06 Å². The van der Waals surface area contributed by atoms with Gasteiger partial charge in [0.2, 0.25) is 0 Å². The van der Waals surface area contributed by atoms with E-state index >= 15 is 0 Å². The van der Waals surface area contributed by atoms with E-state index in [-0.39, 0.29) is 11.5 Å². The van der Waals surface area contributed by atoms with Gasteiger partial charge in [-0.15, -0.1) is 0 Å². The van der Waals surface area contributed by atoms with Crippen LogP contribution < -0.4 is 0 Å². The first kappa shape index (κ1) is 12.0. The van der Waals surface area contributed by atoms with Crippen molar-refractivity contribution in [2.45, 2.75) is 6.92 Å². The van der Waals surface area contributed by atoms with Gasteiger partial charge in [0.1, 0.15) is 0 Å². The van der Waals surface area contributed by atoms with Crippen molar-refractivity contribution < 1.29 is 14.4 Å².